The van der Waals surface area contributed by atoms with Crippen LogP contribution in [0.4, 0.5) is 0 Å². The van der Waals surface area contributed by atoms with Gasteiger partial charge in [0, 0.05) is 11.3 Å². The smallest absolute Gasteiger partial charge is 0.220 e. The van der Waals surface area contributed by atoms with Crippen LogP contribution in [0.3, 0.4) is 0 Å². The lowest BCUT2D eigenvalue weighted by atomic mass is 9.95. The first-order chi connectivity index (χ1) is 8.65. The third kappa shape index (κ3) is 1.81. The minimum atomic E-state index is 0.101. The van der Waals surface area contributed by atoms with Crippen molar-refractivity contribution in [3.8, 4) is 16.9 Å². The van der Waals surface area contributed by atoms with Gasteiger partial charge in [-0.05, 0) is 41.8 Å². The average Bonchev–Trinajstić information content (AvgIpc) is 2.48. The molecule has 1 heterocycles. The lowest BCUT2D eigenvalue weighted by molar-refractivity contribution is 0.108. The molecular formula is C15H12O2S. The van der Waals surface area contributed by atoms with Crippen molar-refractivity contribution in [2.24, 2.45) is 0 Å². The summed E-state index contributed by atoms with van der Waals surface area (Å²) in [5.74, 6) is 0.855. The molecule has 0 fully saturated rings. The number of phenolic OH excluding ortho intramolecular Hbond substituents is 1. The molecule has 2 nitrogen and oxygen atoms in total. The van der Waals surface area contributed by atoms with Gasteiger partial charge in [0.2, 0.25) is 5.12 Å². The molecule has 0 aliphatic carbocycles. The summed E-state index contributed by atoms with van der Waals surface area (Å²) in [6, 6.07) is 11.2. The summed E-state index contributed by atoms with van der Waals surface area (Å²) in [4.78, 5) is 12.1. The van der Waals surface area contributed by atoms with Crippen molar-refractivity contribution in [1.82, 2.24) is 0 Å². The topological polar surface area (TPSA) is 37.3 Å². The largest absolute Gasteiger partial charge is 0.508 e. The highest BCUT2D eigenvalue weighted by Gasteiger charge is 2.20. The van der Waals surface area contributed by atoms with Crippen molar-refractivity contribution in [1.29, 1.82) is 0 Å². The van der Waals surface area contributed by atoms with Crippen LogP contribution < -0.4 is 0 Å². The summed E-state index contributed by atoms with van der Waals surface area (Å²) in [6.45, 7) is 1.99. The van der Waals surface area contributed by atoms with Crippen molar-refractivity contribution in [3.63, 3.8) is 0 Å². The van der Waals surface area contributed by atoms with Crippen molar-refractivity contribution in [3.05, 3.63) is 53.1 Å². The summed E-state index contributed by atoms with van der Waals surface area (Å²) >= 11 is 1.29. The van der Waals surface area contributed by atoms with Gasteiger partial charge in [-0.3, -0.25) is 4.79 Å². The van der Waals surface area contributed by atoms with Gasteiger partial charge in [0.25, 0.3) is 0 Å². The van der Waals surface area contributed by atoms with Crippen LogP contribution in [0.2, 0.25) is 0 Å². The molecule has 2 aromatic carbocycles. The first-order valence-corrected chi connectivity index (χ1v) is 6.74. The highest BCUT2D eigenvalue weighted by atomic mass is 32.2. The van der Waals surface area contributed by atoms with Gasteiger partial charge < -0.3 is 5.11 Å². The molecule has 1 aliphatic heterocycles. The van der Waals surface area contributed by atoms with Gasteiger partial charge in [-0.1, -0.05) is 35.5 Å². The first kappa shape index (κ1) is 11.4. The van der Waals surface area contributed by atoms with E-state index in [1.807, 2.05) is 31.2 Å². The summed E-state index contributed by atoms with van der Waals surface area (Å²) in [5.41, 5.74) is 4.87. The minimum absolute atomic E-state index is 0.101. The van der Waals surface area contributed by atoms with Gasteiger partial charge in [0.05, 0.1) is 0 Å². The summed E-state index contributed by atoms with van der Waals surface area (Å²) in [7, 11) is 0. The molecule has 0 aromatic heterocycles. The summed E-state index contributed by atoms with van der Waals surface area (Å²) in [6.07, 6.45) is 0. The van der Waals surface area contributed by atoms with Crippen molar-refractivity contribution >= 4 is 16.9 Å². The Balaban J connectivity index is 2.30. The maximum Gasteiger partial charge on any atom is 0.220 e. The maximum absolute atomic E-state index is 12.1. The standard InChI is InChI=1S/C15H12O2S/c1-9-2-4-13-12-5-3-11(16)7-10(12)8-18-15(17)14(13)6-9/h2-7,16H,8H2,1H3. The highest BCUT2D eigenvalue weighted by Crippen LogP contribution is 2.37. The van der Waals surface area contributed by atoms with E-state index >= 15 is 0 Å². The van der Waals surface area contributed by atoms with Crippen LogP contribution in [-0.2, 0) is 5.75 Å². The molecule has 1 aliphatic rings. The van der Waals surface area contributed by atoms with E-state index in [9.17, 15) is 9.90 Å². The minimum Gasteiger partial charge on any atom is -0.508 e. The van der Waals surface area contributed by atoms with E-state index in [0.717, 1.165) is 27.8 Å². The van der Waals surface area contributed by atoms with Crippen molar-refractivity contribution < 1.29 is 9.90 Å². The normalized spacial score (nSPS) is 13.7. The SMILES string of the molecule is Cc1ccc2c(c1)C(=O)SCc1cc(O)ccc1-2. The molecule has 0 atom stereocenters. The Kier molecular flexibility index (Phi) is 2.63. The number of aromatic hydroxyl groups is 1. The quantitative estimate of drug-likeness (QED) is 0.780. The van der Waals surface area contributed by atoms with Gasteiger partial charge >= 0.3 is 0 Å². The molecule has 1 N–H and O–H groups in total. The predicted octanol–water partition coefficient (Wildman–Crippen LogP) is 3.75. The molecule has 18 heavy (non-hydrogen) atoms. The van der Waals surface area contributed by atoms with Crippen LogP contribution in [0.15, 0.2) is 36.4 Å². The van der Waals surface area contributed by atoms with Gasteiger partial charge in [-0.25, -0.2) is 0 Å². The highest BCUT2D eigenvalue weighted by molar-refractivity contribution is 8.13. The van der Waals surface area contributed by atoms with Crippen LogP contribution in [0.5, 0.6) is 5.75 Å². The zero-order valence-corrected chi connectivity index (χ0v) is 10.8. The van der Waals surface area contributed by atoms with E-state index in [1.54, 1.807) is 12.1 Å². The lowest BCUT2D eigenvalue weighted by Crippen LogP contribution is -1.95. The number of benzene rings is 2. The van der Waals surface area contributed by atoms with E-state index in [4.69, 9.17) is 0 Å². The Bertz CT molecular complexity index is 647. The van der Waals surface area contributed by atoms with Gasteiger partial charge in [0.1, 0.15) is 5.75 Å². The lowest BCUT2D eigenvalue weighted by Gasteiger charge is -2.09. The number of fused-ring (bicyclic) bond motifs is 3. The number of carbonyl (C=O) groups is 1. The molecular weight excluding hydrogens is 244 g/mol. The molecule has 0 saturated carbocycles. The van der Waals surface area contributed by atoms with E-state index in [1.165, 1.54) is 11.8 Å². The third-order valence-corrected chi connectivity index (χ3v) is 4.07. The van der Waals surface area contributed by atoms with Crippen LogP contribution >= 0.6 is 11.8 Å². The number of hydrogen-bond donors (Lipinski definition) is 1. The van der Waals surface area contributed by atoms with Crippen LogP contribution in [0.1, 0.15) is 21.5 Å². The Morgan fingerprint density at radius 3 is 2.67 bits per heavy atom. The fourth-order valence-corrected chi connectivity index (χ4v) is 3.10. The fraction of sp³-hybridized carbons (Fsp3) is 0.133. The summed E-state index contributed by atoms with van der Waals surface area (Å²) in [5, 5.41) is 9.65. The van der Waals surface area contributed by atoms with Crippen molar-refractivity contribution in [2.45, 2.75) is 12.7 Å². The fourth-order valence-electron chi connectivity index (χ4n) is 2.25. The zero-order valence-electron chi connectivity index (χ0n) is 9.93. The average molecular weight is 256 g/mol. The van der Waals surface area contributed by atoms with Gasteiger partial charge in [-0.2, -0.15) is 0 Å². The van der Waals surface area contributed by atoms with Gasteiger partial charge in [-0.15, -0.1) is 0 Å². The Morgan fingerprint density at radius 1 is 1.06 bits per heavy atom. The molecule has 0 radical (unpaired) electrons. The molecule has 3 rings (SSSR count). The summed E-state index contributed by atoms with van der Waals surface area (Å²) < 4.78 is 0. The van der Waals surface area contributed by atoms with E-state index in [0.29, 0.717) is 5.75 Å². The van der Waals surface area contributed by atoms with Crippen LogP contribution in [0, 0.1) is 6.92 Å². The Hall–Kier alpha value is -1.74. The molecule has 0 bridgehead atoms. The maximum atomic E-state index is 12.1. The molecule has 2 aromatic rings. The number of aryl methyl sites for hydroxylation is 1. The molecule has 90 valence electrons. The molecule has 0 amide bonds. The molecule has 0 spiro atoms. The molecule has 0 saturated heterocycles. The third-order valence-electron chi connectivity index (χ3n) is 3.13. The number of rotatable bonds is 0. The predicted molar refractivity (Wildman–Crippen MR) is 73.9 cm³/mol. The second kappa shape index (κ2) is 4.18. The molecule has 3 heteroatoms. The first-order valence-electron chi connectivity index (χ1n) is 5.75. The monoisotopic (exact) mass is 256 g/mol. The van der Waals surface area contributed by atoms with Crippen LogP contribution in [0.25, 0.3) is 11.1 Å². The number of carbonyl (C=O) groups excluding carboxylic acids is 1. The van der Waals surface area contributed by atoms with Crippen molar-refractivity contribution in [2.75, 3.05) is 0 Å². The van der Waals surface area contributed by atoms with E-state index < -0.39 is 0 Å². The van der Waals surface area contributed by atoms with E-state index in [-0.39, 0.29) is 10.9 Å². The number of hydrogen-bond acceptors (Lipinski definition) is 3. The van der Waals surface area contributed by atoms with E-state index in [2.05, 4.69) is 0 Å². The number of thioether (sulfide) groups is 1. The number of phenols is 1. The second-order valence-corrected chi connectivity index (χ2v) is 5.41. The Labute approximate surface area is 110 Å². The Morgan fingerprint density at radius 2 is 1.83 bits per heavy atom. The van der Waals surface area contributed by atoms with Gasteiger partial charge in [0.15, 0.2) is 0 Å². The van der Waals surface area contributed by atoms with Crippen LogP contribution in [-0.4, -0.2) is 10.2 Å². The second-order valence-electron chi connectivity index (χ2n) is 4.47. The molecule has 0 unspecified atom stereocenters. The zero-order chi connectivity index (χ0) is 12.7.